The average Bonchev–Trinajstić information content (AvgIpc) is 2.96. The fourth-order valence-electron chi connectivity index (χ4n) is 1.93. The van der Waals surface area contributed by atoms with E-state index in [4.69, 9.17) is 0 Å². The van der Waals surface area contributed by atoms with E-state index < -0.39 is 0 Å². The van der Waals surface area contributed by atoms with Crippen molar-refractivity contribution >= 4 is 11.8 Å². The van der Waals surface area contributed by atoms with E-state index >= 15 is 0 Å². The maximum absolute atomic E-state index is 4.15. The minimum Gasteiger partial charge on any atom is -0.307 e. The molecule has 1 saturated carbocycles. The van der Waals surface area contributed by atoms with Crippen LogP contribution in [0.25, 0.3) is 0 Å². The summed E-state index contributed by atoms with van der Waals surface area (Å²) >= 11 is 1.94. The molecule has 1 aliphatic rings. The van der Waals surface area contributed by atoms with Crippen molar-refractivity contribution < 1.29 is 0 Å². The van der Waals surface area contributed by atoms with Crippen LogP contribution < -0.4 is 5.32 Å². The summed E-state index contributed by atoms with van der Waals surface area (Å²) in [7, 11) is 0. The molecular weight excluding hydrogens is 234 g/mol. The molecule has 1 aromatic rings. The largest absolute Gasteiger partial charge is 0.307 e. The van der Waals surface area contributed by atoms with Gasteiger partial charge in [-0.25, -0.2) is 4.68 Å². The Bertz CT molecular complexity index is 360. The van der Waals surface area contributed by atoms with Gasteiger partial charge < -0.3 is 5.32 Å². The van der Waals surface area contributed by atoms with Gasteiger partial charge in [-0.3, -0.25) is 0 Å². The van der Waals surface area contributed by atoms with Crippen LogP contribution in [0.5, 0.6) is 0 Å². The van der Waals surface area contributed by atoms with E-state index in [0.29, 0.717) is 4.75 Å². The van der Waals surface area contributed by atoms with Crippen molar-refractivity contribution in [3.63, 3.8) is 0 Å². The van der Waals surface area contributed by atoms with Gasteiger partial charge in [0.15, 0.2) is 5.82 Å². The molecule has 1 aromatic heterocycles. The van der Waals surface area contributed by atoms with Crippen LogP contribution in [-0.4, -0.2) is 37.8 Å². The second kappa shape index (κ2) is 5.35. The lowest BCUT2D eigenvalue weighted by atomic mass is 10.3. The second-order valence-corrected chi connectivity index (χ2v) is 6.03. The number of nitrogens with one attached hydrogen (secondary N) is 1. The summed E-state index contributed by atoms with van der Waals surface area (Å²) in [4.78, 5) is 0. The molecule has 0 aromatic carbocycles. The van der Waals surface area contributed by atoms with Crippen molar-refractivity contribution in [1.29, 1.82) is 0 Å². The topological polar surface area (TPSA) is 55.6 Å². The number of hydrogen-bond acceptors (Lipinski definition) is 5. The van der Waals surface area contributed by atoms with Crippen molar-refractivity contribution in [2.75, 3.05) is 12.8 Å². The number of tetrazole rings is 1. The molecule has 2 rings (SSSR count). The van der Waals surface area contributed by atoms with Crippen molar-refractivity contribution in [3.05, 3.63) is 5.82 Å². The molecule has 6 heteroatoms. The molecular formula is C11H21N5S. The van der Waals surface area contributed by atoms with E-state index in [-0.39, 0.29) is 6.04 Å². The summed E-state index contributed by atoms with van der Waals surface area (Å²) in [5.74, 6) is 0.957. The van der Waals surface area contributed by atoms with Crippen LogP contribution in [0.1, 0.15) is 45.0 Å². The third-order valence-corrected chi connectivity index (χ3v) is 4.73. The van der Waals surface area contributed by atoms with E-state index in [2.05, 4.69) is 40.9 Å². The van der Waals surface area contributed by atoms with Gasteiger partial charge in [0.1, 0.15) is 0 Å². The van der Waals surface area contributed by atoms with Crippen LogP contribution >= 0.6 is 11.8 Å². The van der Waals surface area contributed by atoms with Crippen LogP contribution in [-0.2, 0) is 6.54 Å². The predicted octanol–water partition coefficient (Wildman–Crippen LogP) is 1.63. The highest BCUT2D eigenvalue weighted by molar-refractivity contribution is 8.00. The first-order valence-corrected chi connectivity index (χ1v) is 7.48. The fraction of sp³-hybridized carbons (Fsp3) is 0.909. The van der Waals surface area contributed by atoms with Crippen LogP contribution in [0.4, 0.5) is 0 Å². The molecule has 1 aliphatic carbocycles. The molecule has 1 fully saturated rings. The monoisotopic (exact) mass is 255 g/mol. The number of thioether (sulfide) groups is 1. The third-order valence-electron chi connectivity index (χ3n) is 3.33. The highest BCUT2D eigenvalue weighted by Crippen LogP contribution is 2.48. The zero-order valence-corrected chi connectivity index (χ0v) is 11.6. The van der Waals surface area contributed by atoms with Gasteiger partial charge in [-0.1, -0.05) is 6.92 Å². The molecule has 17 heavy (non-hydrogen) atoms. The molecule has 1 N–H and O–H groups in total. The molecule has 0 spiro atoms. The van der Waals surface area contributed by atoms with E-state index in [0.717, 1.165) is 25.3 Å². The Hall–Kier alpha value is -0.620. The number of rotatable bonds is 7. The summed E-state index contributed by atoms with van der Waals surface area (Å²) in [6.45, 7) is 6.22. The summed E-state index contributed by atoms with van der Waals surface area (Å²) in [5, 5.41) is 15.5. The molecule has 1 heterocycles. The molecule has 1 unspecified atom stereocenters. The normalized spacial score (nSPS) is 19.2. The molecule has 0 saturated heterocycles. The van der Waals surface area contributed by atoms with E-state index in [1.165, 1.54) is 12.8 Å². The molecule has 5 nitrogen and oxygen atoms in total. The summed E-state index contributed by atoms with van der Waals surface area (Å²) < 4.78 is 2.37. The molecule has 0 aliphatic heterocycles. The van der Waals surface area contributed by atoms with Gasteiger partial charge in [-0.05, 0) is 49.4 Å². The Morgan fingerprint density at radius 3 is 2.88 bits per heavy atom. The Morgan fingerprint density at radius 1 is 1.53 bits per heavy atom. The third kappa shape index (κ3) is 2.98. The van der Waals surface area contributed by atoms with Crippen molar-refractivity contribution in [1.82, 2.24) is 25.5 Å². The Kier molecular flexibility index (Phi) is 4.04. The molecule has 0 amide bonds. The van der Waals surface area contributed by atoms with Gasteiger partial charge in [0.05, 0.1) is 12.6 Å². The lowest BCUT2D eigenvalue weighted by Crippen LogP contribution is -2.25. The SMILES string of the molecule is CCCNC(C)c1nnnn1CC1(SC)CC1. The minimum atomic E-state index is 0.225. The Morgan fingerprint density at radius 2 is 2.29 bits per heavy atom. The standard InChI is InChI=1S/C11H21N5S/c1-4-7-12-9(2)10-13-14-15-16(10)8-11(17-3)5-6-11/h9,12H,4-8H2,1-3H3. The summed E-state index contributed by atoms with van der Waals surface area (Å²) in [6, 6.07) is 0.225. The smallest absolute Gasteiger partial charge is 0.167 e. The van der Waals surface area contributed by atoms with E-state index in [9.17, 15) is 0 Å². The Labute approximate surface area is 107 Å². The fourth-order valence-corrected chi connectivity index (χ4v) is 2.69. The molecule has 0 bridgehead atoms. The van der Waals surface area contributed by atoms with Crippen LogP contribution in [0, 0.1) is 0 Å². The maximum Gasteiger partial charge on any atom is 0.167 e. The zero-order chi connectivity index (χ0) is 12.3. The molecule has 96 valence electrons. The Balaban J connectivity index is 2.01. The van der Waals surface area contributed by atoms with E-state index in [1.54, 1.807) is 0 Å². The van der Waals surface area contributed by atoms with Crippen molar-refractivity contribution in [3.8, 4) is 0 Å². The van der Waals surface area contributed by atoms with Crippen molar-refractivity contribution in [2.45, 2.75) is 50.4 Å². The van der Waals surface area contributed by atoms with Crippen LogP contribution in [0.15, 0.2) is 0 Å². The highest BCUT2D eigenvalue weighted by atomic mass is 32.2. The van der Waals surface area contributed by atoms with Gasteiger partial charge >= 0.3 is 0 Å². The van der Waals surface area contributed by atoms with Gasteiger partial charge in [0.2, 0.25) is 0 Å². The summed E-state index contributed by atoms with van der Waals surface area (Å²) in [6.07, 6.45) is 5.87. The minimum absolute atomic E-state index is 0.225. The first-order valence-electron chi connectivity index (χ1n) is 6.25. The number of hydrogen-bond donors (Lipinski definition) is 1. The first-order chi connectivity index (χ1) is 8.21. The van der Waals surface area contributed by atoms with Gasteiger partial charge in [-0.2, -0.15) is 11.8 Å². The highest BCUT2D eigenvalue weighted by Gasteiger charge is 2.43. The second-order valence-electron chi connectivity index (χ2n) is 4.76. The lowest BCUT2D eigenvalue weighted by molar-refractivity contribution is 0.478. The number of nitrogens with zero attached hydrogens (tertiary/aromatic N) is 4. The van der Waals surface area contributed by atoms with E-state index in [1.807, 2.05) is 16.4 Å². The predicted molar refractivity (Wildman–Crippen MR) is 70.0 cm³/mol. The lowest BCUT2D eigenvalue weighted by Gasteiger charge is -2.16. The van der Waals surface area contributed by atoms with Crippen molar-refractivity contribution in [2.24, 2.45) is 0 Å². The zero-order valence-electron chi connectivity index (χ0n) is 10.8. The maximum atomic E-state index is 4.15. The van der Waals surface area contributed by atoms with Gasteiger partial charge in [0, 0.05) is 4.75 Å². The molecule has 1 atom stereocenters. The quantitative estimate of drug-likeness (QED) is 0.802. The van der Waals surface area contributed by atoms with Crippen LogP contribution in [0.2, 0.25) is 0 Å². The van der Waals surface area contributed by atoms with Gasteiger partial charge in [-0.15, -0.1) is 5.10 Å². The molecule has 0 radical (unpaired) electrons. The summed E-state index contributed by atoms with van der Waals surface area (Å²) in [5.41, 5.74) is 0. The first kappa shape index (κ1) is 12.8. The van der Waals surface area contributed by atoms with Gasteiger partial charge in [0.25, 0.3) is 0 Å². The van der Waals surface area contributed by atoms with Crippen LogP contribution in [0.3, 0.4) is 0 Å². The number of aromatic nitrogens is 4. The average molecular weight is 255 g/mol.